The molecule has 0 aliphatic heterocycles. The fourth-order valence-corrected chi connectivity index (χ4v) is 0.535. The van der Waals surface area contributed by atoms with E-state index in [2.05, 4.69) is 0 Å². The van der Waals surface area contributed by atoms with Crippen LogP contribution in [0.4, 0.5) is 0 Å². The Bertz CT molecular complexity index is 85.1. The van der Waals surface area contributed by atoms with Gasteiger partial charge in [-0.15, -0.1) is 0 Å². The quantitative estimate of drug-likeness (QED) is 0.474. The molecule has 0 aromatic carbocycles. The van der Waals surface area contributed by atoms with Crippen molar-refractivity contribution in [2.75, 3.05) is 0 Å². The molecule has 0 bridgehead atoms. The van der Waals surface area contributed by atoms with Crippen LogP contribution < -0.4 is 0 Å². The van der Waals surface area contributed by atoms with Gasteiger partial charge in [-0.05, 0) is 11.0 Å². The summed E-state index contributed by atoms with van der Waals surface area (Å²) in [4.78, 5) is 0. The Balaban J connectivity index is 0. The summed E-state index contributed by atoms with van der Waals surface area (Å²) < 4.78 is -1.20. The Morgan fingerprint density at radius 1 is 1.22 bits per heavy atom. The van der Waals surface area contributed by atoms with Crippen molar-refractivity contribution < 1.29 is 0 Å². The van der Waals surface area contributed by atoms with Gasteiger partial charge >= 0.3 is 0 Å². The number of rotatable bonds is 1. The lowest BCUT2D eigenvalue weighted by atomic mass is 10.5. The summed E-state index contributed by atoms with van der Waals surface area (Å²) in [5, 5.41) is 0. The van der Waals surface area contributed by atoms with Gasteiger partial charge in [-0.3, -0.25) is 0 Å². The largest absolute Gasteiger partial charge is 0.194 e. The molecule has 0 spiro atoms. The van der Waals surface area contributed by atoms with Gasteiger partial charge in [0, 0.05) is 12.0 Å². The number of halogens is 4. The van der Waals surface area contributed by atoms with Crippen molar-refractivity contribution >= 4 is 57.4 Å². The first-order valence-electron chi connectivity index (χ1n) is 1.88. The molecule has 56 valence electrons. The molecule has 0 N–H and O–H groups in total. The lowest BCUT2D eigenvalue weighted by Crippen LogP contribution is -1.97. The minimum Gasteiger partial charge on any atom is -0.0933 e. The monoisotopic (exact) mass is 224 g/mol. The minimum absolute atomic E-state index is 0. The van der Waals surface area contributed by atoms with E-state index >= 15 is 0 Å². The number of hydrogen-bond donors (Lipinski definition) is 0. The molecule has 0 heterocycles. The maximum absolute atomic E-state index is 5.33. The van der Waals surface area contributed by atoms with Crippen LogP contribution >= 0.6 is 46.4 Å². The summed E-state index contributed by atoms with van der Waals surface area (Å²) in [6, 6.07) is 0. The molecule has 0 aromatic heterocycles. The van der Waals surface area contributed by atoms with E-state index in [0.717, 1.165) is 0 Å². The molecule has 0 unspecified atom stereocenters. The Labute approximate surface area is 79.1 Å². The lowest BCUT2D eigenvalue weighted by molar-refractivity contribution is 1.08. The molecule has 0 radical (unpaired) electrons. The van der Waals surface area contributed by atoms with Gasteiger partial charge in [-0.25, -0.2) is 0 Å². The number of alkyl halides is 3. The van der Waals surface area contributed by atoms with Crippen molar-refractivity contribution in [2.24, 2.45) is 0 Å². The second kappa shape index (κ2) is 5.87. The maximum atomic E-state index is 5.33. The van der Waals surface area contributed by atoms with E-state index in [1.807, 2.05) is 0 Å². The van der Waals surface area contributed by atoms with Crippen molar-refractivity contribution in [1.82, 2.24) is 0 Å². The van der Waals surface area contributed by atoms with Crippen LogP contribution in [0.15, 0.2) is 11.6 Å². The summed E-state index contributed by atoms with van der Waals surface area (Å²) in [7, 11) is 0. The Morgan fingerprint density at radius 3 is 1.78 bits per heavy atom. The zero-order valence-electron chi connectivity index (χ0n) is 3.87. The summed E-state index contributed by atoms with van der Waals surface area (Å²) in [6.07, 6.45) is 1.93. The van der Waals surface area contributed by atoms with Crippen molar-refractivity contribution in [1.29, 1.82) is 0 Å². The van der Waals surface area contributed by atoms with E-state index in [1.54, 1.807) is 6.08 Å². The van der Waals surface area contributed by atoms with Gasteiger partial charge in [0.15, 0.2) is 3.79 Å². The summed E-state index contributed by atoms with van der Waals surface area (Å²) in [6.45, 7) is 0. The van der Waals surface area contributed by atoms with Crippen LogP contribution in [-0.4, -0.2) is 14.8 Å². The molecular formula is C4H8Cl4Si. The van der Waals surface area contributed by atoms with Crippen LogP contribution in [0.3, 0.4) is 0 Å². The fourth-order valence-electron chi connectivity index (χ4n) is 0.178. The zero-order valence-corrected chi connectivity index (χ0v) is 6.90. The summed E-state index contributed by atoms with van der Waals surface area (Å²) >= 11 is 21.1. The molecule has 0 saturated heterocycles. The zero-order chi connectivity index (χ0) is 6.62. The molecule has 0 aliphatic carbocycles. The smallest absolute Gasteiger partial charge is 0.0933 e. The molecule has 5 heteroatoms. The van der Waals surface area contributed by atoms with Crippen LogP contribution in [0.25, 0.3) is 0 Å². The van der Waals surface area contributed by atoms with Gasteiger partial charge in [-0.2, -0.15) is 0 Å². The van der Waals surface area contributed by atoms with Gasteiger partial charge in [0.1, 0.15) is 0 Å². The highest BCUT2D eigenvalue weighted by Gasteiger charge is 2.16. The van der Waals surface area contributed by atoms with E-state index < -0.39 is 3.79 Å². The van der Waals surface area contributed by atoms with E-state index in [1.165, 1.54) is 5.54 Å². The molecule has 0 rings (SSSR count). The average molecular weight is 226 g/mol. The van der Waals surface area contributed by atoms with E-state index in [4.69, 9.17) is 46.4 Å². The number of allylic oxidation sites excluding steroid dienone is 1. The molecule has 0 nitrogen and oxygen atoms in total. The predicted octanol–water partition coefficient (Wildman–Crippen LogP) is 2.05. The predicted molar refractivity (Wildman–Crippen MR) is 51.2 cm³/mol. The second-order valence-electron chi connectivity index (χ2n) is 1.18. The SMILES string of the molecule is ClC=CCC(Cl)(Cl)Cl.[SiH4]. The molecule has 0 aromatic rings. The van der Waals surface area contributed by atoms with Gasteiger partial charge in [0.05, 0.1) is 0 Å². The highest BCUT2D eigenvalue weighted by atomic mass is 35.6. The molecule has 0 fully saturated rings. The maximum Gasteiger partial charge on any atom is 0.194 e. The van der Waals surface area contributed by atoms with Crippen molar-refractivity contribution in [3.05, 3.63) is 11.6 Å². The molecule has 0 amide bonds. The lowest BCUT2D eigenvalue weighted by Gasteiger charge is -2.04. The first kappa shape index (κ1) is 12.8. The molecular weight excluding hydrogens is 218 g/mol. The Kier molecular flexibility index (Phi) is 8.32. The van der Waals surface area contributed by atoms with Gasteiger partial charge in [0.2, 0.25) is 0 Å². The highest BCUT2D eigenvalue weighted by molar-refractivity contribution is 6.67. The third-order valence-electron chi connectivity index (χ3n) is 0.438. The van der Waals surface area contributed by atoms with Crippen molar-refractivity contribution in [2.45, 2.75) is 10.2 Å². The second-order valence-corrected chi connectivity index (χ2v) is 3.95. The third kappa shape index (κ3) is 12.3. The van der Waals surface area contributed by atoms with Crippen LogP contribution in [0.2, 0.25) is 0 Å². The van der Waals surface area contributed by atoms with E-state index in [0.29, 0.717) is 6.42 Å². The topological polar surface area (TPSA) is 0 Å². The van der Waals surface area contributed by atoms with Gasteiger partial charge < -0.3 is 0 Å². The van der Waals surface area contributed by atoms with E-state index in [-0.39, 0.29) is 11.0 Å². The van der Waals surface area contributed by atoms with Crippen LogP contribution in [0.5, 0.6) is 0 Å². The highest BCUT2D eigenvalue weighted by Crippen LogP contribution is 2.30. The summed E-state index contributed by atoms with van der Waals surface area (Å²) in [5.41, 5.74) is 1.32. The third-order valence-corrected chi connectivity index (χ3v) is 1.08. The van der Waals surface area contributed by atoms with Gasteiger partial charge in [0.25, 0.3) is 0 Å². The van der Waals surface area contributed by atoms with Crippen LogP contribution in [0, 0.1) is 0 Å². The number of hydrogen-bond acceptors (Lipinski definition) is 0. The standard InChI is InChI=1S/C4H4Cl4.H4Si/c5-3-1-2-4(6,7)8;/h1,3H,2H2;1H4. The molecule has 0 aliphatic rings. The molecule has 9 heavy (non-hydrogen) atoms. The molecule has 0 saturated carbocycles. The van der Waals surface area contributed by atoms with Crippen LogP contribution in [0.1, 0.15) is 6.42 Å². The van der Waals surface area contributed by atoms with Crippen molar-refractivity contribution in [3.63, 3.8) is 0 Å². The van der Waals surface area contributed by atoms with Crippen LogP contribution in [-0.2, 0) is 0 Å². The summed E-state index contributed by atoms with van der Waals surface area (Å²) in [5.74, 6) is 0. The Hall–Kier alpha value is 1.12. The van der Waals surface area contributed by atoms with Gasteiger partial charge in [-0.1, -0.05) is 52.5 Å². The first-order valence-corrected chi connectivity index (χ1v) is 3.45. The minimum atomic E-state index is -1.20. The fraction of sp³-hybridized carbons (Fsp3) is 0.500. The molecule has 0 atom stereocenters. The van der Waals surface area contributed by atoms with E-state index in [9.17, 15) is 0 Å². The average Bonchev–Trinajstić information content (AvgIpc) is 1.59. The first-order chi connectivity index (χ1) is 3.56. The van der Waals surface area contributed by atoms with Crippen molar-refractivity contribution in [3.8, 4) is 0 Å². The normalized spacial score (nSPS) is 11.6. The Morgan fingerprint density at radius 2 is 1.67 bits per heavy atom.